The topological polar surface area (TPSA) is 59.8 Å². The fraction of sp³-hybridized carbons (Fsp3) is 0.278. The average Bonchev–Trinajstić information content (AvgIpc) is 3.33. The number of halogens is 1. The lowest BCUT2D eigenvalue weighted by Crippen LogP contribution is -2.17. The number of nitrogens with one attached hydrogen (secondary N) is 1. The van der Waals surface area contributed by atoms with Crippen molar-refractivity contribution in [2.45, 2.75) is 19.4 Å². The molecule has 1 aliphatic rings. The molecule has 3 aromatic rings. The maximum absolute atomic E-state index is 11.8. The second-order valence-corrected chi connectivity index (χ2v) is 6.55. The summed E-state index contributed by atoms with van der Waals surface area (Å²) in [5, 5.41) is 11.7. The summed E-state index contributed by atoms with van der Waals surface area (Å²) in [5.74, 6) is 0.599. The molecule has 1 fully saturated rings. The van der Waals surface area contributed by atoms with Gasteiger partial charge in [-0.25, -0.2) is 4.68 Å². The highest BCUT2D eigenvalue weighted by atomic mass is 35.5. The van der Waals surface area contributed by atoms with Gasteiger partial charge in [-0.05, 0) is 42.5 Å². The van der Waals surface area contributed by atoms with Gasteiger partial charge in [-0.3, -0.25) is 4.79 Å². The van der Waals surface area contributed by atoms with Gasteiger partial charge < -0.3 is 5.32 Å². The molecule has 24 heavy (non-hydrogen) atoms. The Hall–Kier alpha value is -2.40. The number of rotatable bonds is 4. The van der Waals surface area contributed by atoms with Crippen LogP contribution in [-0.4, -0.2) is 27.9 Å². The van der Waals surface area contributed by atoms with Crippen molar-refractivity contribution < 1.29 is 4.79 Å². The van der Waals surface area contributed by atoms with E-state index in [2.05, 4.69) is 15.6 Å². The SMILES string of the molecule is CNC(=O)c1cccc(-c2ccc3c(nnn3CC3CC3)c2Cl)c1. The van der Waals surface area contributed by atoms with E-state index in [9.17, 15) is 4.79 Å². The number of benzene rings is 2. The first-order valence-electron chi connectivity index (χ1n) is 8.01. The summed E-state index contributed by atoms with van der Waals surface area (Å²) >= 11 is 6.59. The molecule has 1 aliphatic carbocycles. The molecule has 0 radical (unpaired) electrons. The third-order valence-corrected chi connectivity index (χ3v) is 4.80. The van der Waals surface area contributed by atoms with E-state index in [0.717, 1.165) is 29.1 Å². The van der Waals surface area contributed by atoms with Crippen molar-refractivity contribution in [3.05, 3.63) is 47.0 Å². The van der Waals surface area contributed by atoms with Crippen LogP contribution >= 0.6 is 11.6 Å². The number of nitrogens with zero attached hydrogens (tertiary/aromatic N) is 3. The van der Waals surface area contributed by atoms with Gasteiger partial charge in [0.25, 0.3) is 5.91 Å². The number of aromatic nitrogens is 3. The zero-order valence-electron chi connectivity index (χ0n) is 13.3. The largest absolute Gasteiger partial charge is 0.355 e. The molecule has 1 heterocycles. The van der Waals surface area contributed by atoms with Crippen molar-refractivity contribution in [1.29, 1.82) is 0 Å². The van der Waals surface area contributed by atoms with Crippen LogP contribution in [0.5, 0.6) is 0 Å². The van der Waals surface area contributed by atoms with Gasteiger partial charge >= 0.3 is 0 Å². The predicted octanol–water partition coefficient (Wildman–Crippen LogP) is 3.52. The van der Waals surface area contributed by atoms with E-state index in [4.69, 9.17) is 11.6 Å². The molecule has 1 aromatic heterocycles. The fourth-order valence-corrected chi connectivity index (χ4v) is 3.19. The van der Waals surface area contributed by atoms with E-state index in [1.165, 1.54) is 12.8 Å². The third-order valence-electron chi connectivity index (χ3n) is 4.42. The Morgan fingerprint density at radius 2 is 2.17 bits per heavy atom. The average molecular weight is 341 g/mol. The summed E-state index contributed by atoms with van der Waals surface area (Å²) in [5.41, 5.74) is 4.01. The lowest BCUT2D eigenvalue weighted by atomic mass is 10.0. The first-order chi connectivity index (χ1) is 11.7. The van der Waals surface area contributed by atoms with Crippen LogP contribution in [0.2, 0.25) is 5.02 Å². The molecule has 1 amide bonds. The fourth-order valence-electron chi connectivity index (χ4n) is 2.88. The highest BCUT2D eigenvalue weighted by Crippen LogP contribution is 2.35. The third kappa shape index (κ3) is 2.65. The Balaban J connectivity index is 1.77. The monoisotopic (exact) mass is 340 g/mol. The summed E-state index contributed by atoms with van der Waals surface area (Å²) in [6.07, 6.45) is 2.53. The highest BCUT2D eigenvalue weighted by molar-refractivity contribution is 6.37. The number of fused-ring (bicyclic) bond motifs is 1. The number of amides is 1. The Bertz CT molecular complexity index is 930. The summed E-state index contributed by atoms with van der Waals surface area (Å²) in [6, 6.07) is 11.4. The number of hydrogen-bond donors (Lipinski definition) is 1. The van der Waals surface area contributed by atoms with Crippen LogP contribution in [0.4, 0.5) is 0 Å². The minimum absolute atomic E-state index is 0.121. The Morgan fingerprint density at radius 1 is 1.33 bits per heavy atom. The normalized spacial score (nSPS) is 14.1. The van der Waals surface area contributed by atoms with Gasteiger partial charge in [-0.2, -0.15) is 0 Å². The zero-order chi connectivity index (χ0) is 16.7. The van der Waals surface area contributed by atoms with Gasteiger partial charge in [0.2, 0.25) is 0 Å². The second-order valence-electron chi connectivity index (χ2n) is 6.17. The minimum Gasteiger partial charge on any atom is -0.355 e. The molecule has 122 valence electrons. The first kappa shape index (κ1) is 15.1. The highest BCUT2D eigenvalue weighted by Gasteiger charge is 2.24. The molecule has 0 unspecified atom stereocenters. The molecule has 6 heteroatoms. The summed E-state index contributed by atoms with van der Waals surface area (Å²) in [4.78, 5) is 11.8. The van der Waals surface area contributed by atoms with Crippen molar-refractivity contribution in [3.63, 3.8) is 0 Å². The smallest absolute Gasteiger partial charge is 0.251 e. The van der Waals surface area contributed by atoms with Crippen molar-refractivity contribution >= 4 is 28.5 Å². The number of hydrogen-bond acceptors (Lipinski definition) is 3. The molecule has 4 rings (SSSR count). The molecule has 1 N–H and O–H groups in total. The van der Waals surface area contributed by atoms with Crippen molar-refractivity contribution in [3.8, 4) is 11.1 Å². The van der Waals surface area contributed by atoms with E-state index in [1.54, 1.807) is 13.1 Å². The van der Waals surface area contributed by atoms with Crippen molar-refractivity contribution in [1.82, 2.24) is 20.3 Å². The zero-order valence-corrected chi connectivity index (χ0v) is 14.0. The Labute approximate surface area is 144 Å². The molecular formula is C18H17ClN4O. The van der Waals surface area contributed by atoms with Gasteiger partial charge in [0, 0.05) is 24.7 Å². The van der Waals surface area contributed by atoms with Gasteiger partial charge in [-0.15, -0.1) is 5.10 Å². The standard InChI is InChI=1S/C18H17ClN4O/c1-20-18(24)13-4-2-3-12(9-13)14-7-8-15-17(16(14)19)21-22-23(15)10-11-5-6-11/h2-4,7-9,11H,5-6,10H2,1H3,(H,20,24). The molecule has 2 aromatic carbocycles. The molecule has 5 nitrogen and oxygen atoms in total. The lowest BCUT2D eigenvalue weighted by Gasteiger charge is -2.08. The van der Waals surface area contributed by atoms with Gasteiger partial charge in [0.05, 0.1) is 10.5 Å². The summed E-state index contributed by atoms with van der Waals surface area (Å²) < 4.78 is 1.93. The number of carbonyl (C=O) groups is 1. The molecule has 0 saturated heterocycles. The molecule has 0 aliphatic heterocycles. The minimum atomic E-state index is -0.121. The van der Waals surface area contributed by atoms with Crippen LogP contribution in [0.3, 0.4) is 0 Å². The Kier molecular flexibility index (Phi) is 3.73. The molecular weight excluding hydrogens is 324 g/mol. The van der Waals surface area contributed by atoms with Crippen LogP contribution in [0.25, 0.3) is 22.2 Å². The summed E-state index contributed by atoms with van der Waals surface area (Å²) in [6.45, 7) is 0.901. The first-order valence-corrected chi connectivity index (χ1v) is 8.39. The van der Waals surface area contributed by atoms with Crippen LogP contribution in [0.15, 0.2) is 36.4 Å². The Morgan fingerprint density at radius 3 is 2.92 bits per heavy atom. The predicted molar refractivity (Wildman–Crippen MR) is 94.1 cm³/mol. The van der Waals surface area contributed by atoms with Crippen LogP contribution in [0, 0.1) is 5.92 Å². The van der Waals surface area contributed by atoms with E-state index in [1.807, 2.05) is 35.0 Å². The second kappa shape index (κ2) is 5.91. The van der Waals surface area contributed by atoms with Crippen LogP contribution in [-0.2, 0) is 6.54 Å². The van der Waals surface area contributed by atoms with E-state index < -0.39 is 0 Å². The van der Waals surface area contributed by atoms with E-state index in [-0.39, 0.29) is 5.91 Å². The van der Waals surface area contributed by atoms with Crippen molar-refractivity contribution in [2.24, 2.45) is 5.92 Å². The summed E-state index contributed by atoms with van der Waals surface area (Å²) in [7, 11) is 1.62. The lowest BCUT2D eigenvalue weighted by molar-refractivity contribution is 0.0963. The molecule has 1 saturated carbocycles. The van der Waals surface area contributed by atoms with Crippen LogP contribution in [0.1, 0.15) is 23.2 Å². The van der Waals surface area contributed by atoms with Gasteiger partial charge in [-0.1, -0.05) is 35.0 Å². The molecule has 0 bridgehead atoms. The molecule has 0 spiro atoms. The maximum atomic E-state index is 11.8. The number of carbonyl (C=O) groups excluding carboxylic acids is 1. The van der Waals surface area contributed by atoms with Crippen LogP contribution < -0.4 is 5.32 Å². The van der Waals surface area contributed by atoms with Gasteiger partial charge in [0.15, 0.2) is 0 Å². The quantitative estimate of drug-likeness (QED) is 0.790. The van der Waals surface area contributed by atoms with E-state index in [0.29, 0.717) is 16.1 Å². The van der Waals surface area contributed by atoms with Gasteiger partial charge in [0.1, 0.15) is 5.52 Å². The maximum Gasteiger partial charge on any atom is 0.251 e. The van der Waals surface area contributed by atoms with E-state index >= 15 is 0 Å². The van der Waals surface area contributed by atoms with Crippen molar-refractivity contribution in [2.75, 3.05) is 7.05 Å². The molecule has 0 atom stereocenters.